The maximum atomic E-state index is 12.4. The Bertz CT molecular complexity index is 1020. The van der Waals surface area contributed by atoms with Gasteiger partial charge in [0.1, 0.15) is 23.8 Å². The van der Waals surface area contributed by atoms with E-state index >= 15 is 0 Å². The Morgan fingerprint density at radius 2 is 2.00 bits per heavy atom. The summed E-state index contributed by atoms with van der Waals surface area (Å²) in [6, 6.07) is 11.6. The number of aromatic nitrogens is 3. The van der Waals surface area contributed by atoms with Crippen molar-refractivity contribution < 1.29 is 14.0 Å². The summed E-state index contributed by atoms with van der Waals surface area (Å²) in [5, 5.41) is 11.1. The van der Waals surface area contributed by atoms with E-state index in [2.05, 4.69) is 15.6 Å². The minimum atomic E-state index is -0.218. The largest absolute Gasteiger partial charge is 0.466 e. The van der Waals surface area contributed by atoms with E-state index < -0.39 is 0 Å². The van der Waals surface area contributed by atoms with Gasteiger partial charge in [0.05, 0.1) is 24.3 Å². The van der Waals surface area contributed by atoms with Crippen molar-refractivity contribution in [3.8, 4) is 0 Å². The normalized spacial score (nSPS) is 13.5. The number of benzene rings is 1. The standard InChI is InChI=1S/C20H21N5O3/c1-13-8-16(14(2)28-13)20(27)21-9-17-18-11-24(10-15-6-4-3-5-7-15)19(26)12-25(18)23-22-17/h3-8H,9-12H2,1-2H3,(H,21,27). The highest BCUT2D eigenvalue weighted by molar-refractivity contribution is 5.95. The minimum Gasteiger partial charge on any atom is -0.466 e. The number of nitrogens with one attached hydrogen (secondary N) is 1. The zero-order valence-electron chi connectivity index (χ0n) is 15.8. The van der Waals surface area contributed by atoms with Gasteiger partial charge in [0.2, 0.25) is 5.91 Å². The lowest BCUT2D eigenvalue weighted by atomic mass is 10.1. The molecule has 1 N–H and O–H groups in total. The molecule has 1 aliphatic heterocycles. The lowest BCUT2D eigenvalue weighted by Gasteiger charge is -2.27. The predicted octanol–water partition coefficient (Wildman–Crippen LogP) is 1.96. The first-order valence-electron chi connectivity index (χ1n) is 9.09. The summed E-state index contributed by atoms with van der Waals surface area (Å²) in [4.78, 5) is 26.6. The Hall–Kier alpha value is -3.42. The summed E-state index contributed by atoms with van der Waals surface area (Å²) in [5.41, 5.74) is 3.09. The fourth-order valence-corrected chi connectivity index (χ4v) is 3.37. The zero-order valence-corrected chi connectivity index (χ0v) is 15.8. The van der Waals surface area contributed by atoms with Crippen molar-refractivity contribution >= 4 is 11.8 Å². The molecule has 0 fully saturated rings. The van der Waals surface area contributed by atoms with E-state index in [-0.39, 0.29) is 24.9 Å². The minimum absolute atomic E-state index is 0.00124. The van der Waals surface area contributed by atoms with Gasteiger partial charge in [-0.2, -0.15) is 0 Å². The van der Waals surface area contributed by atoms with Crippen molar-refractivity contribution in [2.45, 2.75) is 40.0 Å². The van der Waals surface area contributed by atoms with Gasteiger partial charge in [-0.15, -0.1) is 5.10 Å². The molecule has 0 radical (unpaired) electrons. The van der Waals surface area contributed by atoms with Crippen molar-refractivity contribution in [1.29, 1.82) is 0 Å². The van der Waals surface area contributed by atoms with Gasteiger partial charge >= 0.3 is 0 Å². The van der Waals surface area contributed by atoms with Gasteiger partial charge < -0.3 is 14.6 Å². The van der Waals surface area contributed by atoms with E-state index in [1.165, 1.54) is 0 Å². The Balaban J connectivity index is 1.46. The number of furan rings is 1. The van der Waals surface area contributed by atoms with Crippen molar-refractivity contribution in [2.24, 2.45) is 0 Å². The molecule has 3 aromatic rings. The van der Waals surface area contributed by atoms with Crippen LogP contribution in [-0.4, -0.2) is 31.7 Å². The molecule has 0 saturated carbocycles. The summed E-state index contributed by atoms with van der Waals surface area (Å²) < 4.78 is 7.02. The van der Waals surface area contributed by atoms with Crippen LogP contribution in [0, 0.1) is 13.8 Å². The fourth-order valence-electron chi connectivity index (χ4n) is 3.37. The molecular formula is C20H21N5O3. The van der Waals surface area contributed by atoms with Gasteiger partial charge in [0.25, 0.3) is 5.91 Å². The van der Waals surface area contributed by atoms with Crippen LogP contribution in [0.25, 0.3) is 0 Å². The number of hydrogen-bond donors (Lipinski definition) is 1. The van der Waals surface area contributed by atoms with E-state index in [0.29, 0.717) is 35.9 Å². The van der Waals surface area contributed by atoms with E-state index in [1.807, 2.05) is 30.3 Å². The topological polar surface area (TPSA) is 93.3 Å². The van der Waals surface area contributed by atoms with Crippen LogP contribution in [0.3, 0.4) is 0 Å². The lowest BCUT2D eigenvalue weighted by Crippen LogP contribution is -2.39. The Labute approximate surface area is 162 Å². The summed E-state index contributed by atoms with van der Waals surface area (Å²) in [6.07, 6.45) is 0. The van der Waals surface area contributed by atoms with Crippen LogP contribution in [-0.2, 0) is 31.0 Å². The number of nitrogens with zero attached hydrogens (tertiary/aromatic N) is 4. The highest BCUT2D eigenvalue weighted by Crippen LogP contribution is 2.19. The van der Waals surface area contributed by atoms with E-state index in [0.717, 1.165) is 11.3 Å². The summed E-state index contributed by atoms with van der Waals surface area (Å²) in [7, 11) is 0. The molecule has 4 rings (SSSR count). The number of carbonyl (C=O) groups excluding carboxylic acids is 2. The zero-order chi connectivity index (χ0) is 19.7. The van der Waals surface area contributed by atoms with Gasteiger partial charge in [0, 0.05) is 6.54 Å². The van der Waals surface area contributed by atoms with E-state index in [4.69, 9.17) is 4.42 Å². The summed E-state index contributed by atoms with van der Waals surface area (Å²) >= 11 is 0. The smallest absolute Gasteiger partial charge is 0.255 e. The molecule has 0 bridgehead atoms. The molecule has 3 heterocycles. The van der Waals surface area contributed by atoms with E-state index in [1.54, 1.807) is 29.5 Å². The molecular weight excluding hydrogens is 358 g/mol. The second kappa shape index (κ2) is 7.30. The lowest BCUT2D eigenvalue weighted by molar-refractivity contribution is -0.135. The van der Waals surface area contributed by atoms with E-state index in [9.17, 15) is 9.59 Å². The molecule has 0 unspecified atom stereocenters. The van der Waals surface area contributed by atoms with Crippen LogP contribution in [0.4, 0.5) is 0 Å². The van der Waals surface area contributed by atoms with Gasteiger partial charge in [0.15, 0.2) is 0 Å². The summed E-state index contributed by atoms with van der Waals surface area (Å²) in [6.45, 7) is 4.90. The molecule has 1 aromatic carbocycles. The van der Waals surface area contributed by atoms with Crippen LogP contribution in [0.1, 0.15) is 38.8 Å². The van der Waals surface area contributed by atoms with Crippen LogP contribution < -0.4 is 5.32 Å². The Morgan fingerprint density at radius 3 is 2.71 bits per heavy atom. The number of rotatable bonds is 5. The van der Waals surface area contributed by atoms with Crippen molar-refractivity contribution in [3.05, 3.63) is 70.4 Å². The van der Waals surface area contributed by atoms with Gasteiger partial charge in [-0.25, -0.2) is 4.68 Å². The molecule has 0 spiro atoms. The van der Waals surface area contributed by atoms with Crippen molar-refractivity contribution in [1.82, 2.24) is 25.2 Å². The molecule has 2 amide bonds. The number of carbonyl (C=O) groups is 2. The molecule has 1 aliphatic rings. The molecule has 2 aromatic heterocycles. The van der Waals surface area contributed by atoms with Crippen molar-refractivity contribution in [2.75, 3.05) is 0 Å². The predicted molar refractivity (Wildman–Crippen MR) is 100 cm³/mol. The Morgan fingerprint density at radius 1 is 1.21 bits per heavy atom. The second-order valence-electron chi connectivity index (χ2n) is 6.89. The molecule has 8 nitrogen and oxygen atoms in total. The third-order valence-corrected chi connectivity index (χ3v) is 4.81. The third-order valence-electron chi connectivity index (χ3n) is 4.81. The van der Waals surface area contributed by atoms with Crippen molar-refractivity contribution in [3.63, 3.8) is 0 Å². The highest BCUT2D eigenvalue weighted by Gasteiger charge is 2.27. The third kappa shape index (κ3) is 3.53. The fraction of sp³-hybridized carbons (Fsp3) is 0.300. The molecule has 144 valence electrons. The number of aryl methyl sites for hydroxylation is 2. The van der Waals surface area contributed by atoms with Gasteiger partial charge in [-0.1, -0.05) is 35.5 Å². The average Bonchev–Trinajstić information content (AvgIpc) is 3.23. The van der Waals surface area contributed by atoms with Gasteiger partial charge in [-0.05, 0) is 25.5 Å². The molecule has 0 atom stereocenters. The van der Waals surface area contributed by atoms with Gasteiger partial charge in [-0.3, -0.25) is 9.59 Å². The molecule has 0 aliphatic carbocycles. The SMILES string of the molecule is Cc1cc(C(=O)NCc2nnn3c2CN(Cc2ccccc2)C(=O)C3)c(C)o1. The van der Waals surface area contributed by atoms with Crippen LogP contribution in [0.2, 0.25) is 0 Å². The number of hydrogen-bond acceptors (Lipinski definition) is 5. The first kappa shape index (κ1) is 18.0. The summed E-state index contributed by atoms with van der Waals surface area (Å²) in [5.74, 6) is 1.06. The quantitative estimate of drug-likeness (QED) is 0.731. The number of fused-ring (bicyclic) bond motifs is 1. The number of amides is 2. The first-order valence-corrected chi connectivity index (χ1v) is 9.09. The first-order chi connectivity index (χ1) is 13.5. The second-order valence-corrected chi connectivity index (χ2v) is 6.89. The van der Waals surface area contributed by atoms with Crippen LogP contribution in [0.15, 0.2) is 40.8 Å². The molecule has 8 heteroatoms. The maximum Gasteiger partial charge on any atom is 0.255 e. The van der Waals surface area contributed by atoms with Crippen LogP contribution in [0.5, 0.6) is 0 Å². The average molecular weight is 379 g/mol. The Kier molecular flexibility index (Phi) is 4.68. The van der Waals surface area contributed by atoms with Crippen LogP contribution >= 0.6 is 0 Å². The molecule has 0 saturated heterocycles. The molecule has 28 heavy (non-hydrogen) atoms. The monoisotopic (exact) mass is 379 g/mol. The maximum absolute atomic E-state index is 12.4. The highest BCUT2D eigenvalue weighted by atomic mass is 16.3.